The molecule has 2 nitrogen and oxygen atoms in total. The SMILES string of the molecule is CC(C)(C)C(=N)Nc1ccccc1. The third-order valence-electron chi connectivity index (χ3n) is 1.79. The van der Waals surface area contributed by atoms with E-state index in [1.54, 1.807) is 0 Å². The van der Waals surface area contributed by atoms with E-state index in [2.05, 4.69) is 5.32 Å². The molecule has 0 aliphatic rings. The molecule has 0 atom stereocenters. The second-order valence-electron chi connectivity index (χ2n) is 4.12. The van der Waals surface area contributed by atoms with Gasteiger partial charge < -0.3 is 5.32 Å². The molecule has 0 amide bonds. The summed E-state index contributed by atoms with van der Waals surface area (Å²) in [5, 5.41) is 10.8. The molecule has 2 N–H and O–H groups in total. The van der Waals surface area contributed by atoms with Crippen molar-refractivity contribution in [3.05, 3.63) is 30.3 Å². The summed E-state index contributed by atoms with van der Waals surface area (Å²) in [6.07, 6.45) is 0. The van der Waals surface area contributed by atoms with Crippen molar-refractivity contribution < 1.29 is 0 Å². The van der Waals surface area contributed by atoms with E-state index in [1.807, 2.05) is 51.1 Å². The van der Waals surface area contributed by atoms with Gasteiger partial charge in [-0.05, 0) is 12.1 Å². The summed E-state index contributed by atoms with van der Waals surface area (Å²) in [6.45, 7) is 6.06. The molecule has 0 saturated heterocycles. The van der Waals surface area contributed by atoms with Crippen molar-refractivity contribution in [1.82, 2.24) is 0 Å². The Bertz CT molecular complexity index is 283. The van der Waals surface area contributed by atoms with E-state index in [1.165, 1.54) is 0 Å². The van der Waals surface area contributed by atoms with Crippen LogP contribution in [0.15, 0.2) is 30.3 Å². The number of anilines is 1. The minimum absolute atomic E-state index is 0.115. The zero-order valence-corrected chi connectivity index (χ0v) is 8.39. The first kappa shape index (κ1) is 9.78. The average molecular weight is 176 g/mol. The Kier molecular flexibility index (Phi) is 2.71. The first-order valence-corrected chi connectivity index (χ1v) is 4.41. The lowest BCUT2D eigenvalue weighted by atomic mass is 9.95. The van der Waals surface area contributed by atoms with E-state index in [9.17, 15) is 0 Å². The van der Waals surface area contributed by atoms with Gasteiger partial charge in [0.1, 0.15) is 5.84 Å². The predicted octanol–water partition coefficient (Wildman–Crippen LogP) is 3.12. The first-order chi connectivity index (χ1) is 6.00. The molecule has 1 aromatic carbocycles. The lowest BCUT2D eigenvalue weighted by molar-refractivity contribution is 0.586. The highest BCUT2D eigenvalue weighted by Gasteiger charge is 2.16. The van der Waals surface area contributed by atoms with Gasteiger partial charge in [0.15, 0.2) is 0 Å². The Morgan fingerprint density at radius 2 is 1.69 bits per heavy atom. The maximum Gasteiger partial charge on any atom is 0.103 e. The largest absolute Gasteiger partial charge is 0.344 e. The smallest absolute Gasteiger partial charge is 0.103 e. The van der Waals surface area contributed by atoms with Crippen molar-refractivity contribution in [2.45, 2.75) is 20.8 Å². The quantitative estimate of drug-likeness (QED) is 0.500. The molecule has 0 fully saturated rings. The lowest BCUT2D eigenvalue weighted by Crippen LogP contribution is -2.26. The lowest BCUT2D eigenvalue weighted by Gasteiger charge is -2.20. The molecule has 0 aliphatic heterocycles. The normalized spacial score (nSPS) is 11.0. The van der Waals surface area contributed by atoms with Gasteiger partial charge in [-0.2, -0.15) is 0 Å². The second-order valence-corrected chi connectivity index (χ2v) is 4.12. The van der Waals surface area contributed by atoms with Crippen LogP contribution in [-0.2, 0) is 0 Å². The topological polar surface area (TPSA) is 35.9 Å². The number of para-hydroxylation sites is 1. The molecule has 2 heteroatoms. The molecule has 0 unspecified atom stereocenters. The van der Waals surface area contributed by atoms with Crippen molar-refractivity contribution >= 4 is 11.5 Å². The highest BCUT2D eigenvalue weighted by atomic mass is 15.0. The van der Waals surface area contributed by atoms with Gasteiger partial charge in [-0.15, -0.1) is 0 Å². The number of benzene rings is 1. The number of amidine groups is 1. The molecule has 0 saturated carbocycles. The summed E-state index contributed by atoms with van der Waals surface area (Å²) >= 11 is 0. The van der Waals surface area contributed by atoms with Crippen LogP contribution in [0.2, 0.25) is 0 Å². The Hall–Kier alpha value is -1.31. The minimum Gasteiger partial charge on any atom is -0.344 e. The Labute approximate surface area is 79.5 Å². The Morgan fingerprint density at radius 3 is 2.15 bits per heavy atom. The third kappa shape index (κ3) is 2.90. The maximum absolute atomic E-state index is 7.77. The van der Waals surface area contributed by atoms with Gasteiger partial charge in [-0.3, -0.25) is 5.41 Å². The highest BCUT2D eigenvalue weighted by molar-refractivity contribution is 5.96. The fraction of sp³-hybridized carbons (Fsp3) is 0.364. The number of hydrogen-bond donors (Lipinski definition) is 2. The van der Waals surface area contributed by atoms with Crippen LogP contribution in [0.3, 0.4) is 0 Å². The van der Waals surface area contributed by atoms with Gasteiger partial charge in [0.25, 0.3) is 0 Å². The summed E-state index contributed by atoms with van der Waals surface area (Å²) in [6, 6.07) is 9.79. The zero-order valence-electron chi connectivity index (χ0n) is 8.39. The van der Waals surface area contributed by atoms with Crippen molar-refractivity contribution in [2.75, 3.05) is 5.32 Å². The first-order valence-electron chi connectivity index (χ1n) is 4.41. The van der Waals surface area contributed by atoms with Gasteiger partial charge in [0, 0.05) is 11.1 Å². The van der Waals surface area contributed by atoms with Crippen LogP contribution in [0.1, 0.15) is 20.8 Å². The highest BCUT2D eigenvalue weighted by Crippen LogP contribution is 2.16. The van der Waals surface area contributed by atoms with Crippen LogP contribution in [0, 0.1) is 10.8 Å². The van der Waals surface area contributed by atoms with Crippen molar-refractivity contribution in [2.24, 2.45) is 5.41 Å². The zero-order chi connectivity index (χ0) is 9.90. The van der Waals surface area contributed by atoms with E-state index in [4.69, 9.17) is 5.41 Å². The molecular weight excluding hydrogens is 160 g/mol. The molecule has 1 rings (SSSR count). The van der Waals surface area contributed by atoms with Crippen LogP contribution in [0.25, 0.3) is 0 Å². The van der Waals surface area contributed by atoms with Gasteiger partial charge in [-0.25, -0.2) is 0 Å². The monoisotopic (exact) mass is 176 g/mol. The summed E-state index contributed by atoms with van der Waals surface area (Å²) in [4.78, 5) is 0. The van der Waals surface area contributed by atoms with Crippen LogP contribution < -0.4 is 5.32 Å². The molecule has 0 bridgehead atoms. The third-order valence-corrected chi connectivity index (χ3v) is 1.79. The number of nitrogens with one attached hydrogen (secondary N) is 2. The molecule has 0 radical (unpaired) electrons. The van der Waals surface area contributed by atoms with Gasteiger partial charge in [0.2, 0.25) is 0 Å². The van der Waals surface area contributed by atoms with Crippen LogP contribution >= 0.6 is 0 Å². The van der Waals surface area contributed by atoms with E-state index >= 15 is 0 Å². The molecular formula is C11H16N2. The van der Waals surface area contributed by atoms with Crippen LogP contribution in [-0.4, -0.2) is 5.84 Å². The van der Waals surface area contributed by atoms with Crippen LogP contribution in [0.4, 0.5) is 5.69 Å². The van der Waals surface area contributed by atoms with Gasteiger partial charge in [-0.1, -0.05) is 39.0 Å². The molecule has 13 heavy (non-hydrogen) atoms. The molecule has 0 spiro atoms. The Balaban J connectivity index is 2.66. The molecule has 0 aromatic heterocycles. The molecule has 0 aliphatic carbocycles. The number of hydrogen-bond acceptors (Lipinski definition) is 1. The van der Waals surface area contributed by atoms with Crippen LogP contribution in [0.5, 0.6) is 0 Å². The molecule has 70 valence electrons. The fourth-order valence-corrected chi connectivity index (χ4v) is 0.853. The van der Waals surface area contributed by atoms with Gasteiger partial charge in [0.05, 0.1) is 0 Å². The predicted molar refractivity (Wildman–Crippen MR) is 57.2 cm³/mol. The fourth-order valence-electron chi connectivity index (χ4n) is 0.853. The summed E-state index contributed by atoms with van der Waals surface area (Å²) in [5.74, 6) is 0.540. The van der Waals surface area contributed by atoms with Gasteiger partial charge >= 0.3 is 0 Å². The van der Waals surface area contributed by atoms with Crippen molar-refractivity contribution in [3.8, 4) is 0 Å². The van der Waals surface area contributed by atoms with Crippen molar-refractivity contribution in [3.63, 3.8) is 0 Å². The summed E-state index contributed by atoms with van der Waals surface area (Å²) in [7, 11) is 0. The van der Waals surface area contributed by atoms with Crippen molar-refractivity contribution in [1.29, 1.82) is 5.41 Å². The van der Waals surface area contributed by atoms with E-state index in [0.717, 1.165) is 5.69 Å². The molecule has 1 aromatic rings. The summed E-state index contributed by atoms with van der Waals surface area (Å²) < 4.78 is 0. The second kappa shape index (κ2) is 3.60. The van der Waals surface area contributed by atoms with E-state index in [-0.39, 0.29) is 5.41 Å². The number of rotatable bonds is 1. The van der Waals surface area contributed by atoms with E-state index in [0.29, 0.717) is 5.84 Å². The minimum atomic E-state index is -0.115. The molecule has 0 heterocycles. The Morgan fingerprint density at radius 1 is 1.15 bits per heavy atom. The average Bonchev–Trinajstić information content (AvgIpc) is 2.04. The summed E-state index contributed by atoms with van der Waals surface area (Å²) in [5.41, 5.74) is 0.859. The maximum atomic E-state index is 7.77. The standard InChI is InChI=1S/C11H16N2/c1-11(2,3)10(12)13-9-7-5-4-6-8-9/h4-8H,1-3H3,(H2,12,13). The van der Waals surface area contributed by atoms with E-state index < -0.39 is 0 Å².